The van der Waals surface area contributed by atoms with Crippen LogP contribution in [0.3, 0.4) is 0 Å². The van der Waals surface area contributed by atoms with Gasteiger partial charge >= 0.3 is 0 Å². The fourth-order valence-electron chi connectivity index (χ4n) is 2.22. The van der Waals surface area contributed by atoms with E-state index in [1.54, 1.807) is 11.3 Å². The van der Waals surface area contributed by atoms with Gasteiger partial charge in [0.05, 0.1) is 5.56 Å². The first-order valence-corrected chi connectivity index (χ1v) is 7.20. The molecule has 1 amide bonds. The van der Waals surface area contributed by atoms with Crippen molar-refractivity contribution in [1.82, 2.24) is 0 Å². The molecule has 0 aromatic carbocycles. The maximum absolute atomic E-state index is 11.7. The number of nitriles is 1. The maximum atomic E-state index is 11.7. The number of hydrogen-bond donors (Lipinski definition) is 1. The highest BCUT2D eigenvalue weighted by atomic mass is 32.1. The van der Waals surface area contributed by atoms with E-state index >= 15 is 0 Å². The molecule has 0 fully saturated rings. The molecule has 1 aliphatic rings. The van der Waals surface area contributed by atoms with Gasteiger partial charge in [0.15, 0.2) is 0 Å². The monoisotopic (exact) mass is 262 g/mol. The number of anilines is 1. The summed E-state index contributed by atoms with van der Waals surface area (Å²) in [7, 11) is 0. The molecule has 1 N–H and O–H groups in total. The van der Waals surface area contributed by atoms with Gasteiger partial charge in [-0.2, -0.15) is 5.26 Å². The zero-order valence-corrected chi connectivity index (χ0v) is 11.9. The minimum Gasteiger partial charge on any atom is -0.316 e. The summed E-state index contributed by atoms with van der Waals surface area (Å²) in [5.74, 6) is 0.556. The first-order valence-electron chi connectivity index (χ1n) is 6.38. The van der Waals surface area contributed by atoms with Crippen LogP contribution in [0.5, 0.6) is 0 Å². The molecule has 18 heavy (non-hydrogen) atoms. The summed E-state index contributed by atoms with van der Waals surface area (Å²) in [6.45, 7) is 5.93. The molecule has 1 heterocycles. The molecule has 0 unspecified atom stereocenters. The lowest BCUT2D eigenvalue weighted by atomic mass is 9.88. The van der Waals surface area contributed by atoms with E-state index in [4.69, 9.17) is 0 Å². The molecule has 1 aliphatic carbocycles. The minimum absolute atomic E-state index is 0.0156. The topological polar surface area (TPSA) is 52.9 Å². The fourth-order valence-corrected chi connectivity index (χ4v) is 3.42. The van der Waals surface area contributed by atoms with E-state index < -0.39 is 0 Å². The number of fused-ring (bicyclic) bond motifs is 1. The fraction of sp³-hybridized carbons (Fsp3) is 0.571. The van der Waals surface area contributed by atoms with Crippen LogP contribution in [0.1, 0.15) is 43.2 Å². The summed E-state index contributed by atoms with van der Waals surface area (Å²) in [4.78, 5) is 13.0. The summed E-state index contributed by atoms with van der Waals surface area (Å²) < 4.78 is 0. The van der Waals surface area contributed by atoms with Crippen molar-refractivity contribution in [2.75, 3.05) is 5.32 Å². The van der Waals surface area contributed by atoms with Crippen LogP contribution in [0.25, 0.3) is 0 Å². The highest BCUT2D eigenvalue weighted by Gasteiger charge is 2.25. The van der Waals surface area contributed by atoms with Crippen LogP contribution in [-0.2, 0) is 17.6 Å². The summed E-state index contributed by atoms with van der Waals surface area (Å²) in [6, 6.07) is 2.26. The number of thiophene rings is 1. The van der Waals surface area contributed by atoms with Crippen LogP contribution in [-0.4, -0.2) is 5.91 Å². The van der Waals surface area contributed by atoms with E-state index in [-0.39, 0.29) is 11.8 Å². The van der Waals surface area contributed by atoms with E-state index in [0.717, 1.165) is 17.8 Å². The van der Waals surface area contributed by atoms with Crippen molar-refractivity contribution in [3.8, 4) is 6.07 Å². The number of amides is 1. The predicted molar refractivity (Wildman–Crippen MR) is 73.7 cm³/mol. The van der Waals surface area contributed by atoms with Gasteiger partial charge in [-0.15, -0.1) is 11.3 Å². The van der Waals surface area contributed by atoms with Crippen LogP contribution >= 0.6 is 11.3 Å². The summed E-state index contributed by atoms with van der Waals surface area (Å²) in [5, 5.41) is 12.9. The highest BCUT2D eigenvalue weighted by Crippen LogP contribution is 2.39. The second-order valence-corrected chi connectivity index (χ2v) is 6.42. The van der Waals surface area contributed by atoms with E-state index in [0.29, 0.717) is 11.5 Å². The third-order valence-electron chi connectivity index (χ3n) is 3.38. The molecule has 0 radical (unpaired) electrons. The van der Waals surface area contributed by atoms with Gasteiger partial charge in [0, 0.05) is 10.8 Å². The Kier molecular flexibility index (Phi) is 3.72. The molecule has 0 aliphatic heterocycles. The molecule has 1 aromatic heterocycles. The van der Waals surface area contributed by atoms with Gasteiger partial charge in [0.1, 0.15) is 11.1 Å². The second-order valence-electron chi connectivity index (χ2n) is 5.31. The molecule has 0 saturated heterocycles. The van der Waals surface area contributed by atoms with Crippen LogP contribution < -0.4 is 5.32 Å². The number of rotatable bonds is 2. The molecule has 2 rings (SSSR count). The van der Waals surface area contributed by atoms with Gasteiger partial charge in [-0.1, -0.05) is 20.8 Å². The normalized spacial score (nSPS) is 18.3. The van der Waals surface area contributed by atoms with Gasteiger partial charge in [0.2, 0.25) is 5.91 Å². The summed E-state index contributed by atoms with van der Waals surface area (Å²) in [6.07, 6.45) is 3.18. The molecule has 0 spiro atoms. The van der Waals surface area contributed by atoms with Gasteiger partial charge in [0.25, 0.3) is 0 Å². The maximum Gasteiger partial charge on any atom is 0.227 e. The summed E-state index contributed by atoms with van der Waals surface area (Å²) >= 11 is 1.58. The number of nitrogens with zero attached hydrogens (tertiary/aromatic N) is 1. The Labute approximate surface area is 112 Å². The Morgan fingerprint density at radius 2 is 2.28 bits per heavy atom. The molecule has 3 nitrogen and oxygen atoms in total. The van der Waals surface area contributed by atoms with Crippen molar-refractivity contribution >= 4 is 22.2 Å². The largest absolute Gasteiger partial charge is 0.316 e. The lowest BCUT2D eigenvalue weighted by Gasteiger charge is -2.17. The Hall–Kier alpha value is -1.34. The average Bonchev–Trinajstić information content (AvgIpc) is 2.65. The van der Waals surface area contributed by atoms with Crippen LogP contribution in [0, 0.1) is 23.2 Å². The molecule has 4 heteroatoms. The van der Waals surface area contributed by atoms with Crippen LogP contribution in [0.2, 0.25) is 0 Å². The number of carbonyl (C=O) groups is 1. The van der Waals surface area contributed by atoms with Crippen molar-refractivity contribution in [2.45, 2.75) is 40.0 Å². The van der Waals surface area contributed by atoms with Gasteiger partial charge in [-0.3, -0.25) is 4.79 Å². The third-order valence-corrected chi connectivity index (χ3v) is 4.59. The smallest absolute Gasteiger partial charge is 0.227 e. The Morgan fingerprint density at radius 3 is 2.89 bits per heavy atom. The quantitative estimate of drug-likeness (QED) is 0.888. The minimum atomic E-state index is -0.0606. The number of hydrogen-bond acceptors (Lipinski definition) is 3. The number of nitrogens with one attached hydrogen (secondary N) is 1. The molecule has 96 valence electrons. The average molecular weight is 262 g/mol. The van der Waals surface area contributed by atoms with E-state index in [2.05, 4.69) is 18.3 Å². The van der Waals surface area contributed by atoms with Crippen LogP contribution in [0.4, 0.5) is 5.00 Å². The van der Waals surface area contributed by atoms with Gasteiger partial charge in [-0.05, 0) is 30.7 Å². The predicted octanol–water partition coefficient (Wildman–Crippen LogP) is 3.34. The zero-order chi connectivity index (χ0) is 13.3. The number of aryl methyl sites for hydroxylation is 1. The molecular weight excluding hydrogens is 244 g/mol. The Bertz CT molecular complexity index is 511. The van der Waals surface area contributed by atoms with Crippen molar-refractivity contribution in [3.05, 3.63) is 16.0 Å². The lowest BCUT2D eigenvalue weighted by molar-refractivity contribution is -0.118. The number of carbonyl (C=O) groups excluding carboxylic acids is 1. The van der Waals surface area contributed by atoms with Crippen molar-refractivity contribution < 1.29 is 4.79 Å². The highest BCUT2D eigenvalue weighted by molar-refractivity contribution is 7.16. The summed E-state index contributed by atoms with van der Waals surface area (Å²) in [5.41, 5.74) is 1.86. The molecule has 1 atom stereocenters. The first-order chi connectivity index (χ1) is 8.52. The molecule has 0 bridgehead atoms. The van der Waals surface area contributed by atoms with Crippen molar-refractivity contribution in [3.63, 3.8) is 0 Å². The van der Waals surface area contributed by atoms with Gasteiger partial charge < -0.3 is 5.32 Å². The molecule has 1 aromatic rings. The van der Waals surface area contributed by atoms with E-state index in [1.807, 2.05) is 13.8 Å². The van der Waals surface area contributed by atoms with Gasteiger partial charge in [-0.25, -0.2) is 0 Å². The van der Waals surface area contributed by atoms with E-state index in [1.165, 1.54) is 16.9 Å². The second kappa shape index (κ2) is 5.11. The molecular formula is C14H18N2OS. The molecule has 0 saturated carbocycles. The Balaban J connectivity index is 2.33. The SMILES string of the molecule is CC(C)C(=O)Nc1sc2c(c1C#N)C[C@@H](C)CC2. The van der Waals surface area contributed by atoms with Crippen molar-refractivity contribution in [2.24, 2.45) is 11.8 Å². The Morgan fingerprint density at radius 1 is 1.56 bits per heavy atom. The van der Waals surface area contributed by atoms with Crippen molar-refractivity contribution in [1.29, 1.82) is 5.26 Å². The standard InChI is InChI=1S/C14H18N2OS/c1-8(2)13(17)16-14-11(7-15)10-6-9(3)4-5-12(10)18-14/h8-9H,4-6H2,1-3H3,(H,16,17)/t9-/m0/s1. The third kappa shape index (κ3) is 2.41. The first kappa shape index (κ1) is 13.1. The zero-order valence-electron chi connectivity index (χ0n) is 11.0. The van der Waals surface area contributed by atoms with Crippen LogP contribution in [0.15, 0.2) is 0 Å². The van der Waals surface area contributed by atoms with E-state index in [9.17, 15) is 10.1 Å². The lowest BCUT2D eigenvalue weighted by Crippen LogP contribution is -2.17.